The van der Waals surface area contributed by atoms with E-state index in [1.165, 1.54) is 17.0 Å². The van der Waals surface area contributed by atoms with Crippen LogP contribution in [0.25, 0.3) is 5.76 Å². The second-order valence-electron chi connectivity index (χ2n) is 9.75. The number of carbonyl (C=O) groups is 2. The van der Waals surface area contributed by atoms with Crippen molar-refractivity contribution in [2.45, 2.75) is 13.0 Å². The van der Waals surface area contributed by atoms with E-state index < -0.39 is 17.7 Å². The van der Waals surface area contributed by atoms with Crippen molar-refractivity contribution in [1.82, 2.24) is 4.90 Å². The molecule has 38 heavy (non-hydrogen) atoms. The molecular weight excluding hydrogens is 482 g/mol. The van der Waals surface area contributed by atoms with Crippen molar-refractivity contribution in [3.63, 3.8) is 0 Å². The van der Waals surface area contributed by atoms with Crippen LogP contribution in [0, 0.1) is 6.92 Å². The fourth-order valence-electron chi connectivity index (χ4n) is 5.13. The maximum absolute atomic E-state index is 13.5. The number of carbonyl (C=O) groups excluding carboxylic acids is 2. The van der Waals surface area contributed by atoms with Crippen LogP contribution >= 0.6 is 0 Å². The molecule has 2 fully saturated rings. The summed E-state index contributed by atoms with van der Waals surface area (Å²) in [6.45, 7) is 5.58. The minimum atomic E-state index is -0.869. The molecule has 2 aliphatic rings. The van der Waals surface area contributed by atoms with E-state index >= 15 is 0 Å². The van der Waals surface area contributed by atoms with Crippen LogP contribution in [-0.4, -0.2) is 67.1 Å². The number of hydrogen-bond donors (Lipinski definition) is 2. The third-order valence-electron chi connectivity index (χ3n) is 7.34. The molecule has 8 heteroatoms. The van der Waals surface area contributed by atoms with E-state index in [0.29, 0.717) is 28.1 Å². The molecule has 0 radical (unpaired) electrons. The van der Waals surface area contributed by atoms with Crippen LogP contribution in [0.3, 0.4) is 0 Å². The van der Waals surface area contributed by atoms with E-state index in [1.54, 1.807) is 44.4 Å². The largest absolute Gasteiger partial charge is 0.508 e. The van der Waals surface area contributed by atoms with Gasteiger partial charge in [0.1, 0.15) is 17.3 Å². The first kappa shape index (κ1) is 25.4. The highest BCUT2D eigenvalue weighted by Gasteiger charge is 2.47. The number of aliphatic hydroxyl groups is 1. The first-order valence-electron chi connectivity index (χ1n) is 12.6. The second-order valence-corrected chi connectivity index (χ2v) is 9.75. The monoisotopic (exact) mass is 513 g/mol. The molecule has 0 spiro atoms. The summed E-state index contributed by atoms with van der Waals surface area (Å²) in [7, 11) is 3.66. The maximum Gasteiger partial charge on any atom is 0.300 e. The van der Waals surface area contributed by atoms with Crippen molar-refractivity contribution in [3.8, 4) is 11.5 Å². The predicted molar refractivity (Wildman–Crippen MR) is 147 cm³/mol. The van der Waals surface area contributed by atoms with E-state index in [-0.39, 0.29) is 17.1 Å². The molecule has 3 aromatic rings. The Balaban J connectivity index is 1.59. The number of benzene rings is 3. The summed E-state index contributed by atoms with van der Waals surface area (Å²) in [5.74, 6) is -1.05. The average Bonchev–Trinajstić information content (AvgIpc) is 3.19. The molecule has 0 bridgehead atoms. The van der Waals surface area contributed by atoms with Gasteiger partial charge in [-0.1, -0.05) is 12.1 Å². The lowest BCUT2D eigenvalue weighted by molar-refractivity contribution is -0.132. The number of likely N-dealkylation sites (N-methyl/N-ethyl adjacent to an activating group) is 1. The van der Waals surface area contributed by atoms with Gasteiger partial charge in [-0.3, -0.25) is 14.5 Å². The Labute approximate surface area is 222 Å². The number of ketones is 1. The lowest BCUT2D eigenvalue weighted by Gasteiger charge is -2.34. The Morgan fingerprint density at radius 1 is 0.895 bits per heavy atom. The summed E-state index contributed by atoms with van der Waals surface area (Å²) < 4.78 is 5.27. The van der Waals surface area contributed by atoms with E-state index in [4.69, 9.17) is 4.74 Å². The number of piperazine rings is 1. The molecule has 196 valence electrons. The zero-order valence-electron chi connectivity index (χ0n) is 21.7. The van der Waals surface area contributed by atoms with Gasteiger partial charge >= 0.3 is 0 Å². The number of phenolic OH excluding ortho intramolecular Hbond substituents is 1. The van der Waals surface area contributed by atoms with Gasteiger partial charge in [0, 0.05) is 43.1 Å². The van der Waals surface area contributed by atoms with Crippen LogP contribution in [0.15, 0.2) is 72.3 Å². The molecule has 5 rings (SSSR count). The average molecular weight is 514 g/mol. The molecule has 2 heterocycles. The van der Waals surface area contributed by atoms with Crippen LogP contribution in [0.1, 0.15) is 22.7 Å². The summed E-state index contributed by atoms with van der Waals surface area (Å²) in [6, 6.07) is 18.2. The first-order valence-corrected chi connectivity index (χ1v) is 12.6. The minimum Gasteiger partial charge on any atom is -0.508 e. The van der Waals surface area contributed by atoms with E-state index in [0.717, 1.165) is 31.9 Å². The van der Waals surface area contributed by atoms with Crippen LogP contribution in [0.4, 0.5) is 11.4 Å². The zero-order chi connectivity index (χ0) is 27.0. The Kier molecular flexibility index (Phi) is 6.82. The number of rotatable bonds is 5. The third-order valence-corrected chi connectivity index (χ3v) is 7.34. The van der Waals surface area contributed by atoms with Crippen molar-refractivity contribution in [2.24, 2.45) is 0 Å². The first-order chi connectivity index (χ1) is 18.3. The predicted octanol–water partition coefficient (Wildman–Crippen LogP) is 4.09. The highest BCUT2D eigenvalue weighted by atomic mass is 16.5. The van der Waals surface area contributed by atoms with Gasteiger partial charge < -0.3 is 24.7 Å². The van der Waals surface area contributed by atoms with E-state index in [1.807, 2.05) is 24.3 Å². The second kappa shape index (κ2) is 10.2. The van der Waals surface area contributed by atoms with Crippen molar-refractivity contribution in [1.29, 1.82) is 0 Å². The summed E-state index contributed by atoms with van der Waals surface area (Å²) in [4.78, 5) is 32.9. The number of ether oxygens (including phenoxy) is 1. The van der Waals surface area contributed by atoms with Gasteiger partial charge in [-0.25, -0.2) is 0 Å². The molecular formula is C30H31N3O5. The van der Waals surface area contributed by atoms with Gasteiger partial charge in [-0.05, 0) is 79.7 Å². The molecule has 0 aromatic heterocycles. The number of aromatic hydroxyl groups is 1. The number of amides is 1. The van der Waals surface area contributed by atoms with Crippen molar-refractivity contribution < 1.29 is 24.5 Å². The number of hydrogen-bond acceptors (Lipinski definition) is 7. The zero-order valence-corrected chi connectivity index (χ0v) is 21.7. The number of Topliss-reactive ketones (excluding diaryl/α,β-unsaturated/α-hetero) is 1. The van der Waals surface area contributed by atoms with Crippen LogP contribution in [0.2, 0.25) is 0 Å². The van der Waals surface area contributed by atoms with Gasteiger partial charge in [0.05, 0.1) is 18.7 Å². The number of aryl methyl sites for hydroxylation is 1. The maximum atomic E-state index is 13.5. The lowest BCUT2D eigenvalue weighted by atomic mass is 9.93. The Hall–Kier alpha value is -4.30. The normalized spacial score (nSPS) is 19.7. The van der Waals surface area contributed by atoms with Crippen LogP contribution in [-0.2, 0) is 9.59 Å². The molecule has 3 aromatic carbocycles. The summed E-state index contributed by atoms with van der Waals surface area (Å²) in [5.41, 5.74) is 3.34. The summed E-state index contributed by atoms with van der Waals surface area (Å²) in [5, 5.41) is 21.3. The highest BCUT2D eigenvalue weighted by Crippen LogP contribution is 2.43. The molecule has 0 aliphatic carbocycles. The minimum absolute atomic E-state index is 0.00268. The molecule has 8 nitrogen and oxygen atoms in total. The van der Waals surface area contributed by atoms with Gasteiger partial charge in [0.25, 0.3) is 11.7 Å². The molecule has 0 saturated carbocycles. The van der Waals surface area contributed by atoms with Gasteiger partial charge in [0.2, 0.25) is 0 Å². The Bertz CT molecular complexity index is 1390. The van der Waals surface area contributed by atoms with E-state index in [2.05, 4.69) is 16.8 Å². The smallest absolute Gasteiger partial charge is 0.300 e. The Morgan fingerprint density at radius 3 is 2.13 bits per heavy atom. The van der Waals surface area contributed by atoms with E-state index in [9.17, 15) is 19.8 Å². The lowest BCUT2D eigenvalue weighted by Crippen LogP contribution is -2.44. The number of nitrogens with zero attached hydrogens (tertiary/aromatic N) is 3. The van der Waals surface area contributed by atoms with Crippen molar-refractivity contribution in [2.75, 3.05) is 50.1 Å². The number of phenols is 1. The number of anilines is 2. The molecule has 2 aliphatic heterocycles. The molecule has 2 N–H and O–H groups in total. The Morgan fingerprint density at radius 2 is 1.53 bits per heavy atom. The van der Waals surface area contributed by atoms with Crippen molar-refractivity contribution in [3.05, 3.63) is 89.0 Å². The van der Waals surface area contributed by atoms with Gasteiger partial charge in [-0.2, -0.15) is 0 Å². The third kappa shape index (κ3) is 4.59. The SMILES string of the molecule is COc1ccc(/C(O)=C2/C(=O)C(=O)N(c3ccc(N4CCN(C)CC4)cc3)C2c2ccc(O)cc2)c(C)c1. The topological polar surface area (TPSA) is 93.5 Å². The summed E-state index contributed by atoms with van der Waals surface area (Å²) in [6.07, 6.45) is 0. The summed E-state index contributed by atoms with van der Waals surface area (Å²) >= 11 is 0. The number of methoxy groups -OCH3 is 1. The van der Waals surface area contributed by atoms with Gasteiger partial charge in [-0.15, -0.1) is 0 Å². The molecule has 1 amide bonds. The molecule has 2 saturated heterocycles. The van der Waals surface area contributed by atoms with Crippen LogP contribution in [0.5, 0.6) is 11.5 Å². The number of aliphatic hydroxyl groups excluding tert-OH is 1. The molecule has 1 atom stereocenters. The van der Waals surface area contributed by atoms with Crippen molar-refractivity contribution >= 4 is 28.8 Å². The fourth-order valence-corrected chi connectivity index (χ4v) is 5.13. The standard InChI is InChI=1S/C30H31N3O5/c1-19-18-24(38-3)12-13-25(19)28(35)26-27(20-4-10-23(34)11-5-20)33(30(37)29(26)36)22-8-6-21(7-9-22)32-16-14-31(2)15-17-32/h4-13,18,27,34-35H,14-17H2,1-3H3/b28-26-. The quantitative estimate of drug-likeness (QED) is 0.302. The highest BCUT2D eigenvalue weighted by molar-refractivity contribution is 6.51. The molecule has 1 unspecified atom stereocenters. The van der Waals surface area contributed by atoms with Crippen LogP contribution < -0.4 is 14.5 Å². The fraction of sp³-hybridized carbons (Fsp3) is 0.267. The van der Waals surface area contributed by atoms with Gasteiger partial charge in [0.15, 0.2) is 0 Å².